The number of nitrogens with two attached hydrogens (primary N) is 5. The Morgan fingerprint density at radius 1 is 0.871 bits per heavy atom. The molecule has 10 N–H and O–H groups in total. The molecule has 2 unspecified atom stereocenters. The Morgan fingerprint density at radius 3 is 2.05 bits per heavy atom. The highest BCUT2D eigenvalue weighted by Crippen LogP contribution is 2.56. The average molecular weight is 867 g/mol. The van der Waals surface area contributed by atoms with E-state index < -0.39 is 109 Å². The van der Waals surface area contributed by atoms with Gasteiger partial charge in [-0.05, 0) is 58.3 Å². The van der Waals surface area contributed by atoms with Gasteiger partial charge in [0.2, 0.25) is 17.6 Å². The number of hydrazine groups is 4. The van der Waals surface area contributed by atoms with Gasteiger partial charge in [0.1, 0.15) is 24.7 Å². The molecule has 30 heteroatoms. The third-order valence-electron chi connectivity index (χ3n) is 10.2. The Labute approximate surface area is 351 Å². The Bertz CT molecular complexity index is 2010. The normalized spacial score (nSPS) is 18.8. The third kappa shape index (κ3) is 11.9. The number of ether oxygens (including phenoxy) is 1. The van der Waals surface area contributed by atoms with E-state index in [-0.39, 0.29) is 56.1 Å². The van der Waals surface area contributed by atoms with Gasteiger partial charge in [0.05, 0.1) is 6.61 Å². The molecule has 0 spiro atoms. The van der Waals surface area contributed by atoms with Crippen LogP contribution in [0.25, 0.3) is 41.8 Å². The second-order valence-corrected chi connectivity index (χ2v) is 14.0. The lowest BCUT2D eigenvalue weighted by Crippen LogP contribution is -2.64. The number of nitrogens with zero attached hydrogens (tertiary/aromatic N) is 17. The summed E-state index contributed by atoms with van der Waals surface area (Å²) < 4.78 is 5.14. The molecule has 30 nitrogen and oxygen atoms in total. The van der Waals surface area contributed by atoms with Gasteiger partial charge in [0.15, 0.2) is 6.04 Å². The van der Waals surface area contributed by atoms with Crippen LogP contribution < -0.4 is 29.1 Å². The van der Waals surface area contributed by atoms with Crippen LogP contribution in [0.3, 0.4) is 0 Å². The summed E-state index contributed by atoms with van der Waals surface area (Å²) in [6.45, 7) is -1.17. The molecule has 0 bridgehead atoms. The summed E-state index contributed by atoms with van der Waals surface area (Å²) in [5.41, 5.74) is 41.4. The summed E-state index contributed by atoms with van der Waals surface area (Å²) in [6, 6.07) is 1.18. The molecule has 1 saturated heterocycles. The Kier molecular flexibility index (Phi) is 18.5. The van der Waals surface area contributed by atoms with Crippen LogP contribution in [0.1, 0.15) is 37.8 Å². The highest BCUT2D eigenvalue weighted by atomic mass is 16.6. The van der Waals surface area contributed by atoms with Crippen LogP contribution >= 0.6 is 0 Å². The molecule has 0 aromatic heterocycles. The number of hydrogen-bond donors (Lipinski definition) is 5. The predicted molar refractivity (Wildman–Crippen MR) is 211 cm³/mol. The van der Waals surface area contributed by atoms with Gasteiger partial charge in [-0.3, -0.25) is 43.8 Å². The zero-order valence-corrected chi connectivity index (χ0v) is 33.3. The van der Waals surface area contributed by atoms with Crippen molar-refractivity contribution in [2.45, 2.75) is 50.4 Å². The maximum absolute atomic E-state index is 14.6. The van der Waals surface area contributed by atoms with Crippen LogP contribution in [0, 0.1) is 23.7 Å². The first-order valence-electron chi connectivity index (χ1n) is 18.8. The largest absolute Gasteiger partial charge is 0.448 e. The number of hydrogen-bond acceptors (Lipinski definition) is 16. The summed E-state index contributed by atoms with van der Waals surface area (Å²) in [4.78, 5) is 107. The number of fused-ring (bicyclic) bond motifs is 1. The van der Waals surface area contributed by atoms with Gasteiger partial charge in [-0.1, -0.05) is 64.1 Å². The van der Waals surface area contributed by atoms with E-state index in [1.165, 1.54) is 12.1 Å². The standard InChI is InChI=1S/C32H46N22O8/c1-2-7-21(27(56)31(60)51(38)16-22(55)53(40)24(28(33)57)17-8-4-3-5-9-17)52(39)30(59)26-23-19(14-45-49-37)20(23)15-50(26)29(58)25(18(12-43-47-35)13-44-48-36)54(41)32(61)62-11-6-10-42-46-34/h3-5,8-9,18-21,23-26H,2,6-7,10-16,38-41H2,1H3,(H2,33,57)/t19?,20-,21?,23+,24+,25+,26+/m1/s1. The molecule has 3 rings (SSSR count). The Morgan fingerprint density at radius 2 is 1.48 bits per heavy atom. The smallest absolute Gasteiger partial charge is 0.424 e. The zero-order chi connectivity index (χ0) is 46.1. The molecular weight excluding hydrogens is 820 g/mol. The maximum Gasteiger partial charge on any atom is 0.424 e. The summed E-state index contributed by atoms with van der Waals surface area (Å²) in [7, 11) is 0. The number of amides is 6. The molecule has 1 saturated carbocycles. The minimum Gasteiger partial charge on any atom is -0.448 e. The topological polar surface area (TPSA) is 470 Å². The molecule has 6 amide bonds. The summed E-state index contributed by atoms with van der Waals surface area (Å²) >= 11 is 0. The summed E-state index contributed by atoms with van der Waals surface area (Å²) in [5, 5.41) is 15.3. The van der Waals surface area contributed by atoms with E-state index in [0.29, 0.717) is 15.0 Å². The van der Waals surface area contributed by atoms with Crippen LogP contribution in [-0.2, 0) is 33.5 Å². The highest BCUT2D eigenvalue weighted by molar-refractivity contribution is 6.38. The van der Waals surface area contributed by atoms with Gasteiger partial charge in [0.25, 0.3) is 11.8 Å². The molecule has 1 aromatic rings. The second kappa shape index (κ2) is 23.4. The number of likely N-dealkylation sites (tertiary alicyclic amines) is 1. The van der Waals surface area contributed by atoms with Crippen molar-refractivity contribution in [3.05, 3.63) is 77.7 Å². The fourth-order valence-electron chi connectivity index (χ4n) is 7.25. The van der Waals surface area contributed by atoms with Crippen molar-refractivity contribution in [3.63, 3.8) is 0 Å². The van der Waals surface area contributed by atoms with Crippen molar-refractivity contribution in [2.24, 2.45) is 73.2 Å². The number of azide groups is 4. The Hall–Kier alpha value is -7.41. The zero-order valence-electron chi connectivity index (χ0n) is 33.3. The van der Waals surface area contributed by atoms with Gasteiger partial charge in [0, 0.05) is 58.3 Å². The first kappa shape index (κ1) is 49.0. The lowest BCUT2D eigenvalue weighted by atomic mass is 9.96. The van der Waals surface area contributed by atoms with Crippen LogP contribution in [0.15, 0.2) is 50.8 Å². The fourth-order valence-corrected chi connectivity index (χ4v) is 7.25. The SMILES string of the molecule is CCCC(C(=O)C(=O)N(N)CC(=O)N(N)[C@H](C(N)=O)c1ccccc1)N(N)C(=O)[C@@H]1[C@H]2C(CN=[N+]=[N-])[C@H]2CN1C(=O)[C@H](C(CN=[N+]=[N-])CN=[N+]=[N-])N(N)C(=O)OCCCN=[N+]=[N-]. The Balaban J connectivity index is 1.96. The number of benzene rings is 1. The second-order valence-electron chi connectivity index (χ2n) is 14.0. The molecule has 2 fully saturated rings. The molecule has 2 aliphatic rings. The molecule has 0 radical (unpaired) electrons. The number of ketones is 1. The van der Waals surface area contributed by atoms with Crippen LogP contribution in [-0.4, -0.2) is 130 Å². The molecule has 1 aliphatic heterocycles. The van der Waals surface area contributed by atoms with Crippen LogP contribution in [0.2, 0.25) is 0 Å². The van der Waals surface area contributed by atoms with Crippen molar-refractivity contribution in [3.8, 4) is 0 Å². The minimum atomic E-state index is -1.82. The number of rotatable bonds is 24. The van der Waals surface area contributed by atoms with Crippen molar-refractivity contribution in [1.82, 2.24) is 24.9 Å². The third-order valence-corrected chi connectivity index (χ3v) is 10.2. The number of carbonyl (C=O) groups is 7. The fraction of sp³-hybridized carbons (Fsp3) is 0.594. The molecule has 1 heterocycles. The van der Waals surface area contributed by atoms with Gasteiger partial charge < -0.3 is 15.4 Å². The highest BCUT2D eigenvalue weighted by Gasteiger charge is 2.65. The quantitative estimate of drug-likeness (QED) is 0.0135. The number of primary amides is 1. The predicted octanol–water partition coefficient (Wildman–Crippen LogP) is 0.0591. The van der Waals surface area contributed by atoms with Crippen molar-refractivity contribution >= 4 is 41.4 Å². The van der Waals surface area contributed by atoms with E-state index in [0.717, 1.165) is 4.90 Å². The lowest BCUT2D eigenvalue weighted by Gasteiger charge is -2.38. The average Bonchev–Trinajstić information content (AvgIpc) is 3.78. The van der Waals surface area contributed by atoms with E-state index in [9.17, 15) is 33.6 Å². The number of Topliss-reactive ketones (excluding diaryl/α,β-unsaturated/α-hetero) is 1. The van der Waals surface area contributed by atoms with Crippen molar-refractivity contribution in [1.29, 1.82) is 0 Å². The molecular formula is C32H46N22O8. The van der Waals surface area contributed by atoms with Gasteiger partial charge in [-0.2, -0.15) is 0 Å². The first-order chi connectivity index (χ1) is 29.6. The molecule has 7 atom stereocenters. The lowest BCUT2D eigenvalue weighted by molar-refractivity contribution is -0.156. The molecule has 332 valence electrons. The van der Waals surface area contributed by atoms with Crippen molar-refractivity contribution < 1.29 is 38.3 Å². The molecule has 1 aliphatic carbocycles. The van der Waals surface area contributed by atoms with Crippen LogP contribution in [0.4, 0.5) is 4.79 Å². The maximum atomic E-state index is 14.6. The minimum absolute atomic E-state index is 0.0486. The van der Waals surface area contributed by atoms with Gasteiger partial charge >= 0.3 is 12.0 Å². The van der Waals surface area contributed by atoms with Crippen LogP contribution in [0.5, 0.6) is 0 Å². The van der Waals surface area contributed by atoms with E-state index >= 15 is 0 Å². The van der Waals surface area contributed by atoms with E-state index in [1.54, 1.807) is 25.1 Å². The first-order valence-corrected chi connectivity index (χ1v) is 18.8. The van der Waals surface area contributed by atoms with Gasteiger partial charge in [-0.15, -0.1) is 0 Å². The van der Waals surface area contributed by atoms with E-state index in [2.05, 4.69) is 40.1 Å². The number of carbonyl (C=O) groups excluding carboxylic acids is 7. The van der Waals surface area contributed by atoms with E-state index in [4.69, 9.17) is 56.0 Å². The van der Waals surface area contributed by atoms with Crippen molar-refractivity contribution in [2.75, 3.05) is 45.9 Å². The molecule has 62 heavy (non-hydrogen) atoms. The summed E-state index contributed by atoms with van der Waals surface area (Å²) in [6.07, 6.45) is -1.26. The number of piperidine rings is 1. The molecule has 1 aromatic carbocycles. The summed E-state index contributed by atoms with van der Waals surface area (Å²) in [5.74, 6) is 14.3. The van der Waals surface area contributed by atoms with E-state index in [1.807, 2.05) is 0 Å². The van der Waals surface area contributed by atoms with Gasteiger partial charge in [-0.25, -0.2) is 33.2 Å². The monoisotopic (exact) mass is 866 g/mol.